The summed E-state index contributed by atoms with van der Waals surface area (Å²) in [4.78, 5) is 14.7. The van der Waals surface area contributed by atoms with Gasteiger partial charge in [-0.2, -0.15) is 0 Å². The van der Waals surface area contributed by atoms with E-state index in [2.05, 4.69) is 10.2 Å². The lowest BCUT2D eigenvalue weighted by Crippen LogP contribution is -2.44. The molecule has 2 aromatic rings. The highest BCUT2D eigenvalue weighted by molar-refractivity contribution is 5.85. The molecule has 29 heavy (non-hydrogen) atoms. The molecule has 0 aromatic heterocycles. The third-order valence-electron chi connectivity index (χ3n) is 4.87. The number of hydrogen-bond acceptors (Lipinski definition) is 4. The lowest BCUT2D eigenvalue weighted by Gasteiger charge is -2.35. The summed E-state index contributed by atoms with van der Waals surface area (Å²) in [5.41, 5.74) is 8.06. The number of carbonyl (C=O) groups excluding carboxylic acids is 1. The van der Waals surface area contributed by atoms with Gasteiger partial charge in [0.2, 0.25) is 5.91 Å². The fourth-order valence-electron chi connectivity index (χ4n) is 3.33. The molecular weight excluding hydrogens is 416 g/mol. The lowest BCUT2D eigenvalue weighted by atomic mass is 10.0. The van der Waals surface area contributed by atoms with E-state index in [1.807, 2.05) is 30.3 Å². The maximum atomic E-state index is 13.3. The average molecular weight is 444 g/mol. The number of amides is 1. The quantitative estimate of drug-likeness (QED) is 0.688. The van der Waals surface area contributed by atoms with Crippen LogP contribution in [0.3, 0.4) is 0 Å². The fourth-order valence-corrected chi connectivity index (χ4v) is 3.33. The van der Waals surface area contributed by atoms with E-state index < -0.39 is 0 Å². The van der Waals surface area contributed by atoms with Crippen LogP contribution in [0.4, 0.5) is 4.39 Å². The summed E-state index contributed by atoms with van der Waals surface area (Å²) in [6.07, 6.45) is 0.225. The van der Waals surface area contributed by atoms with Gasteiger partial charge >= 0.3 is 0 Å². The van der Waals surface area contributed by atoms with E-state index in [9.17, 15) is 9.18 Å². The molecule has 2 unspecified atom stereocenters. The topological polar surface area (TPSA) is 67.6 Å². The van der Waals surface area contributed by atoms with Crippen molar-refractivity contribution in [1.82, 2.24) is 10.2 Å². The highest BCUT2D eigenvalue weighted by atomic mass is 35.5. The molecule has 1 amide bonds. The number of ether oxygens (including phenoxy) is 1. The number of benzene rings is 2. The molecule has 2 atom stereocenters. The van der Waals surface area contributed by atoms with Crippen LogP contribution < -0.4 is 11.1 Å². The molecule has 160 valence electrons. The summed E-state index contributed by atoms with van der Waals surface area (Å²) >= 11 is 0. The molecule has 0 radical (unpaired) electrons. The van der Waals surface area contributed by atoms with Crippen molar-refractivity contribution in [3.05, 3.63) is 71.5 Å². The summed E-state index contributed by atoms with van der Waals surface area (Å²) in [5.74, 6) is -0.357. The smallest absolute Gasteiger partial charge is 0.221 e. The molecule has 2 aromatic carbocycles. The number of morpholine rings is 1. The second kappa shape index (κ2) is 12.8. The third kappa shape index (κ3) is 7.57. The molecule has 1 aliphatic rings. The summed E-state index contributed by atoms with van der Waals surface area (Å²) in [6.45, 7) is 3.32. The predicted molar refractivity (Wildman–Crippen MR) is 117 cm³/mol. The van der Waals surface area contributed by atoms with Gasteiger partial charge in [-0.05, 0) is 23.3 Å². The second-order valence-corrected chi connectivity index (χ2v) is 6.74. The first-order valence-corrected chi connectivity index (χ1v) is 9.28. The Labute approximate surface area is 183 Å². The molecule has 0 aliphatic carbocycles. The Morgan fingerprint density at radius 1 is 1.03 bits per heavy atom. The largest absolute Gasteiger partial charge is 0.379 e. The number of nitrogens with two attached hydrogens (primary N) is 1. The van der Waals surface area contributed by atoms with Crippen LogP contribution in [0.2, 0.25) is 0 Å². The van der Waals surface area contributed by atoms with E-state index in [1.165, 1.54) is 12.1 Å². The summed E-state index contributed by atoms with van der Waals surface area (Å²) in [7, 11) is 0. The average Bonchev–Trinajstić information content (AvgIpc) is 2.71. The first-order valence-electron chi connectivity index (χ1n) is 9.28. The zero-order valence-electron chi connectivity index (χ0n) is 16.1. The van der Waals surface area contributed by atoms with Crippen LogP contribution in [0, 0.1) is 5.82 Å². The van der Waals surface area contributed by atoms with Crippen LogP contribution in [-0.4, -0.2) is 43.7 Å². The van der Waals surface area contributed by atoms with Crippen molar-refractivity contribution < 1.29 is 13.9 Å². The van der Waals surface area contributed by atoms with Crippen LogP contribution >= 0.6 is 24.8 Å². The van der Waals surface area contributed by atoms with Crippen molar-refractivity contribution in [2.24, 2.45) is 5.73 Å². The molecule has 1 aliphatic heterocycles. The van der Waals surface area contributed by atoms with Crippen molar-refractivity contribution in [3.63, 3.8) is 0 Å². The van der Waals surface area contributed by atoms with E-state index in [4.69, 9.17) is 10.5 Å². The van der Waals surface area contributed by atoms with E-state index in [0.717, 1.165) is 24.2 Å². The Balaban J connectivity index is 0.00000210. The van der Waals surface area contributed by atoms with Gasteiger partial charge in [-0.1, -0.05) is 42.5 Å². The molecule has 5 nitrogen and oxygen atoms in total. The normalized spacial score (nSPS) is 16.1. The first kappa shape index (κ1) is 25.3. The van der Waals surface area contributed by atoms with Crippen LogP contribution in [0.25, 0.3) is 0 Å². The SMILES string of the molecule is Cl.Cl.NC(CC(=O)NCC(c1ccc(F)cc1)N1CCOCC1)c1ccccc1. The van der Waals surface area contributed by atoms with Crippen LogP contribution in [0.5, 0.6) is 0 Å². The minimum Gasteiger partial charge on any atom is -0.379 e. The summed E-state index contributed by atoms with van der Waals surface area (Å²) < 4.78 is 18.7. The summed E-state index contributed by atoms with van der Waals surface area (Å²) in [5, 5.41) is 3.00. The van der Waals surface area contributed by atoms with Gasteiger partial charge in [0.25, 0.3) is 0 Å². The second-order valence-electron chi connectivity index (χ2n) is 6.74. The molecule has 8 heteroatoms. The Morgan fingerprint density at radius 3 is 2.28 bits per heavy atom. The minimum atomic E-state index is -0.334. The molecule has 1 heterocycles. The monoisotopic (exact) mass is 443 g/mol. The van der Waals surface area contributed by atoms with Crippen LogP contribution in [-0.2, 0) is 9.53 Å². The maximum Gasteiger partial charge on any atom is 0.221 e. The number of nitrogens with zero attached hydrogens (tertiary/aromatic N) is 1. The van der Waals surface area contributed by atoms with Gasteiger partial charge in [0.05, 0.1) is 19.3 Å². The van der Waals surface area contributed by atoms with Crippen molar-refractivity contribution in [2.75, 3.05) is 32.8 Å². The summed E-state index contributed by atoms with van der Waals surface area (Å²) in [6, 6.07) is 15.7. The lowest BCUT2D eigenvalue weighted by molar-refractivity contribution is -0.121. The van der Waals surface area contributed by atoms with E-state index in [0.29, 0.717) is 19.8 Å². The Kier molecular flexibility index (Phi) is 11.2. The van der Waals surface area contributed by atoms with Gasteiger partial charge in [-0.25, -0.2) is 4.39 Å². The molecule has 0 saturated carbocycles. The highest BCUT2D eigenvalue weighted by Crippen LogP contribution is 2.22. The molecule has 3 rings (SSSR count). The fraction of sp³-hybridized carbons (Fsp3) is 0.381. The van der Waals surface area contributed by atoms with E-state index in [1.54, 1.807) is 12.1 Å². The van der Waals surface area contributed by atoms with Gasteiger partial charge < -0.3 is 15.8 Å². The Bertz CT molecular complexity index is 728. The molecule has 0 bridgehead atoms. The number of rotatable bonds is 7. The van der Waals surface area contributed by atoms with Crippen molar-refractivity contribution in [3.8, 4) is 0 Å². The van der Waals surface area contributed by atoms with Crippen molar-refractivity contribution >= 4 is 30.7 Å². The maximum absolute atomic E-state index is 13.3. The Hall–Kier alpha value is -1.70. The molecule has 0 spiro atoms. The van der Waals surface area contributed by atoms with E-state index >= 15 is 0 Å². The third-order valence-corrected chi connectivity index (χ3v) is 4.87. The molecule has 1 fully saturated rings. The van der Waals surface area contributed by atoms with Gasteiger partial charge in [-0.3, -0.25) is 9.69 Å². The van der Waals surface area contributed by atoms with Crippen molar-refractivity contribution in [2.45, 2.75) is 18.5 Å². The first-order chi connectivity index (χ1) is 13.1. The number of halogens is 3. The highest BCUT2D eigenvalue weighted by Gasteiger charge is 2.23. The van der Waals surface area contributed by atoms with E-state index in [-0.39, 0.29) is 55.0 Å². The molecular formula is C21H28Cl2FN3O2. The number of carbonyl (C=O) groups is 1. The zero-order valence-corrected chi connectivity index (χ0v) is 17.8. The number of hydrogen-bond donors (Lipinski definition) is 2. The molecule has 3 N–H and O–H groups in total. The van der Waals surface area contributed by atoms with Gasteiger partial charge in [0.1, 0.15) is 5.82 Å². The minimum absolute atomic E-state index is 0. The predicted octanol–water partition coefficient (Wildman–Crippen LogP) is 3.25. The van der Waals surface area contributed by atoms with Gasteiger partial charge in [-0.15, -0.1) is 24.8 Å². The van der Waals surface area contributed by atoms with Gasteiger partial charge in [0.15, 0.2) is 0 Å². The molecule has 1 saturated heterocycles. The van der Waals surface area contributed by atoms with Gasteiger partial charge in [0, 0.05) is 32.1 Å². The Morgan fingerprint density at radius 2 is 1.66 bits per heavy atom. The van der Waals surface area contributed by atoms with Crippen molar-refractivity contribution in [1.29, 1.82) is 0 Å². The van der Waals surface area contributed by atoms with Crippen LogP contribution in [0.1, 0.15) is 29.6 Å². The number of nitrogens with one attached hydrogen (secondary N) is 1. The zero-order chi connectivity index (χ0) is 19.1. The van der Waals surface area contributed by atoms with Crippen LogP contribution in [0.15, 0.2) is 54.6 Å². The standard InChI is InChI=1S/C21H26FN3O2.2ClH/c22-18-8-6-17(7-9-18)20(25-10-12-27-13-11-25)15-24-21(26)14-19(23)16-4-2-1-3-5-16;;/h1-9,19-20H,10-15,23H2,(H,24,26);2*1H.